The van der Waals surface area contributed by atoms with Crippen molar-refractivity contribution in [2.24, 2.45) is 17.8 Å². The summed E-state index contributed by atoms with van der Waals surface area (Å²) in [4.78, 5) is 64.6. The number of aromatic hydroxyl groups is 1. The summed E-state index contributed by atoms with van der Waals surface area (Å²) in [6.07, 6.45) is 1.43. The Morgan fingerprint density at radius 3 is 2.19 bits per heavy atom. The lowest BCUT2D eigenvalue weighted by Gasteiger charge is -2.50. The largest absolute Gasteiger partial charge is 0.508 e. The quantitative estimate of drug-likeness (QED) is 0.127. The van der Waals surface area contributed by atoms with E-state index in [0.29, 0.717) is 5.57 Å². The maximum absolute atomic E-state index is 14.5. The molecule has 0 aromatic heterocycles. The highest BCUT2D eigenvalue weighted by Gasteiger charge is 2.77. The number of halogens is 3. The van der Waals surface area contributed by atoms with Gasteiger partial charge in [-0.05, 0) is 67.3 Å². The molecule has 7 rings (SSSR count). The number of imide groups is 2. The molecular formula is C33H24Cl2FN3O8. The van der Waals surface area contributed by atoms with Crippen molar-refractivity contribution in [2.75, 3.05) is 16.9 Å². The molecule has 1 saturated carbocycles. The van der Waals surface area contributed by atoms with Gasteiger partial charge in [0.1, 0.15) is 17.3 Å². The Morgan fingerprint density at radius 1 is 0.915 bits per heavy atom. The summed E-state index contributed by atoms with van der Waals surface area (Å²) >= 11 is 14.7. The van der Waals surface area contributed by atoms with E-state index in [1.54, 1.807) is 12.1 Å². The number of rotatable bonds is 5. The molecule has 3 fully saturated rings. The van der Waals surface area contributed by atoms with Crippen LogP contribution in [0.5, 0.6) is 11.5 Å². The molecule has 3 aromatic carbocycles. The van der Waals surface area contributed by atoms with Crippen LogP contribution in [0, 0.1) is 33.7 Å². The molecule has 2 aliphatic carbocycles. The summed E-state index contributed by atoms with van der Waals surface area (Å²) in [7, 11) is 1.35. The van der Waals surface area contributed by atoms with E-state index in [2.05, 4.69) is 0 Å². The van der Waals surface area contributed by atoms with Crippen LogP contribution in [-0.4, -0.2) is 50.5 Å². The molecule has 14 heteroatoms. The number of allylic oxidation sites excluding steroid dienone is 2. The van der Waals surface area contributed by atoms with Gasteiger partial charge in [-0.2, -0.15) is 0 Å². The fourth-order valence-corrected chi connectivity index (χ4v) is 8.61. The van der Waals surface area contributed by atoms with Crippen LogP contribution in [0.2, 0.25) is 0 Å². The Morgan fingerprint density at radius 2 is 1.55 bits per heavy atom. The first-order valence-electron chi connectivity index (χ1n) is 14.6. The topological polar surface area (TPSA) is 147 Å². The second-order valence-corrected chi connectivity index (χ2v) is 13.2. The Balaban J connectivity index is 1.40. The Hall–Kier alpha value is -4.81. The first-order chi connectivity index (χ1) is 22.3. The van der Waals surface area contributed by atoms with Gasteiger partial charge < -0.3 is 9.84 Å². The van der Waals surface area contributed by atoms with Crippen molar-refractivity contribution < 1.29 is 38.3 Å². The zero-order valence-corrected chi connectivity index (χ0v) is 25.9. The highest BCUT2D eigenvalue weighted by Crippen LogP contribution is 2.67. The lowest BCUT2D eigenvalue weighted by Crippen LogP contribution is -2.60. The molecule has 0 spiro atoms. The van der Waals surface area contributed by atoms with Crippen LogP contribution in [0.1, 0.15) is 24.3 Å². The van der Waals surface area contributed by atoms with E-state index in [1.165, 1.54) is 55.6 Å². The Bertz CT molecular complexity index is 1940. The van der Waals surface area contributed by atoms with Crippen molar-refractivity contribution in [2.45, 2.75) is 28.5 Å². The fraction of sp³-hybridized carbons (Fsp3) is 0.273. The number of carbonyl (C=O) groups excluding carboxylic acids is 4. The molecule has 2 saturated heterocycles. The molecule has 3 aromatic rings. The monoisotopic (exact) mass is 679 g/mol. The lowest BCUT2D eigenvalue weighted by atomic mass is 9.56. The third-order valence-electron chi connectivity index (χ3n) is 9.77. The number of ether oxygens (including phenoxy) is 1. The second-order valence-electron chi connectivity index (χ2n) is 11.9. The first kappa shape index (κ1) is 30.8. The number of non-ortho nitro benzene ring substituents is 1. The number of anilines is 2. The van der Waals surface area contributed by atoms with Gasteiger partial charge in [0.2, 0.25) is 11.8 Å². The van der Waals surface area contributed by atoms with Gasteiger partial charge in [-0.3, -0.25) is 34.2 Å². The number of alkyl halides is 2. The van der Waals surface area contributed by atoms with Gasteiger partial charge in [-0.1, -0.05) is 17.7 Å². The standard InChI is InChI=1S/C33H24Cl2FN3O8/c1-47-24-4-2-3-23(40)26(24)27-20-13-14-21-25(29(42)37(28(21)41)17-9-11-19(12-10-17)39(45)46)22(20)15-32(34)30(43)38(31(44)33(27,32)35)18-7-5-16(36)6-8-18/h2-13,21-22,25,27,40H,14-15H2,1H3. The van der Waals surface area contributed by atoms with Crippen LogP contribution in [0.4, 0.5) is 21.5 Å². The zero-order valence-electron chi connectivity index (χ0n) is 24.4. The minimum atomic E-state index is -2.26. The van der Waals surface area contributed by atoms with Gasteiger partial charge in [0.15, 0.2) is 9.75 Å². The van der Waals surface area contributed by atoms with Crippen molar-refractivity contribution in [1.82, 2.24) is 0 Å². The normalized spacial score (nSPS) is 29.7. The molecule has 1 N–H and O–H groups in total. The number of fused-ring (bicyclic) bond motifs is 4. The molecule has 2 aliphatic heterocycles. The summed E-state index contributed by atoms with van der Waals surface area (Å²) in [5.41, 5.74) is 0.420. The molecule has 4 aliphatic rings. The van der Waals surface area contributed by atoms with E-state index in [4.69, 9.17) is 27.9 Å². The van der Waals surface area contributed by atoms with E-state index in [-0.39, 0.29) is 47.0 Å². The number of hydrogen-bond donors (Lipinski definition) is 1. The smallest absolute Gasteiger partial charge is 0.269 e. The average molecular weight is 680 g/mol. The molecule has 6 unspecified atom stereocenters. The summed E-state index contributed by atoms with van der Waals surface area (Å²) in [5, 5.41) is 22.4. The Labute approximate surface area is 276 Å². The maximum atomic E-state index is 14.5. The van der Waals surface area contributed by atoms with E-state index in [1.807, 2.05) is 0 Å². The minimum absolute atomic E-state index is 0.0187. The molecule has 2 heterocycles. The third-order valence-corrected chi connectivity index (χ3v) is 11.2. The van der Waals surface area contributed by atoms with Crippen molar-refractivity contribution in [3.63, 3.8) is 0 Å². The van der Waals surface area contributed by atoms with E-state index >= 15 is 0 Å². The van der Waals surface area contributed by atoms with E-state index in [9.17, 15) is 38.8 Å². The van der Waals surface area contributed by atoms with E-state index < -0.39 is 67.8 Å². The van der Waals surface area contributed by atoms with Gasteiger partial charge in [0.25, 0.3) is 17.5 Å². The van der Waals surface area contributed by atoms with E-state index in [0.717, 1.165) is 21.9 Å². The number of amides is 4. The first-order valence-corrected chi connectivity index (χ1v) is 15.3. The molecule has 11 nitrogen and oxygen atoms in total. The third kappa shape index (κ3) is 4.10. The average Bonchev–Trinajstić information content (AvgIpc) is 3.39. The number of phenols is 1. The molecule has 6 atom stereocenters. The highest BCUT2D eigenvalue weighted by atomic mass is 35.5. The van der Waals surface area contributed by atoms with Crippen LogP contribution in [0.15, 0.2) is 78.4 Å². The zero-order chi connectivity index (χ0) is 33.6. The number of hydrogen-bond acceptors (Lipinski definition) is 8. The van der Waals surface area contributed by atoms with Gasteiger partial charge in [-0.15, -0.1) is 23.2 Å². The minimum Gasteiger partial charge on any atom is -0.508 e. The predicted octanol–water partition coefficient (Wildman–Crippen LogP) is 5.22. The summed E-state index contributed by atoms with van der Waals surface area (Å²) in [6, 6.07) is 14.0. The predicted molar refractivity (Wildman–Crippen MR) is 167 cm³/mol. The van der Waals surface area contributed by atoms with Crippen molar-refractivity contribution in [3.8, 4) is 11.5 Å². The number of nitro benzene ring substituents is 1. The Kier molecular flexibility index (Phi) is 6.96. The number of nitro groups is 1. The fourth-order valence-electron chi connectivity index (χ4n) is 7.69. The molecule has 0 bridgehead atoms. The van der Waals surface area contributed by atoms with Crippen molar-refractivity contribution in [1.29, 1.82) is 0 Å². The maximum Gasteiger partial charge on any atom is 0.269 e. The summed E-state index contributed by atoms with van der Waals surface area (Å²) < 4.78 is 19.4. The van der Waals surface area contributed by atoms with Crippen LogP contribution in [0.3, 0.4) is 0 Å². The van der Waals surface area contributed by atoms with Crippen LogP contribution in [0.25, 0.3) is 0 Å². The highest BCUT2D eigenvalue weighted by molar-refractivity contribution is 6.58. The lowest BCUT2D eigenvalue weighted by molar-refractivity contribution is -0.384. The van der Waals surface area contributed by atoms with Gasteiger partial charge in [-0.25, -0.2) is 9.29 Å². The number of nitrogens with zero attached hydrogens (tertiary/aromatic N) is 3. The number of benzene rings is 3. The molecule has 0 radical (unpaired) electrons. The van der Waals surface area contributed by atoms with Crippen LogP contribution >= 0.6 is 23.2 Å². The van der Waals surface area contributed by atoms with Crippen molar-refractivity contribution in [3.05, 3.63) is 99.9 Å². The molecule has 240 valence electrons. The number of phenolic OH excluding ortho intramolecular Hbond substituents is 1. The van der Waals surface area contributed by atoms with Gasteiger partial charge >= 0.3 is 0 Å². The van der Waals surface area contributed by atoms with Crippen LogP contribution < -0.4 is 14.5 Å². The van der Waals surface area contributed by atoms with Gasteiger partial charge in [0.05, 0.1) is 35.2 Å². The van der Waals surface area contributed by atoms with Crippen molar-refractivity contribution >= 4 is 63.9 Å². The second kappa shape index (κ2) is 10.6. The summed E-state index contributed by atoms with van der Waals surface area (Å²) in [5.74, 6) is -7.87. The SMILES string of the molecule is COc1cccc(O)c1C1C2=CCC3C(=O)N(c4ccc([N+](=O)[O-])cc4)C(=O)C3C2CC2(Cl)C(=O)N(c3ccc(F)cc3)C(=O)C12Cl. The number of methoxy groups -OCH3 is 1. The summed E-state index contributed by atoms with van der Waals surface area (Å²) in [6.45, 7) is 0. The van der Waals surface area contributed by atoms with Crippen LogP contribution in [-0.2, 0) is 19.2 Å². The molecule has 4 amide bonds. The molecule has 47 heavy (non-hydrogen) atoms. The number of carbonyl (C=O) groups is 4. The van der Waals surface area contributed by atoms with Gasteiger partial charge in [0, 0.05) is 23.6 Å². The molecular weight excluding hydrogens is 656 g/mol.